The van der Waals surface area contributed by atoms with E-state index >= 15 is 0 Å². The van der Waals surface area contributed by atoms with E-state index in [4.69, 9.17) is 0 Å². The van der Waals surface area contributed by atoms with Crippen LogP contribution in [0.2, 0.25) is 0 Å². The van der Waals surface area contributed by atoms with Crippen LogP contribution in [0, 0.1) is 6.92 Å². The highest BCUT2D eigenvalue weighted by molar-refractivity contribution is 14.0. The molecule has 0 aliphatic heterocycles. The molecule has 6 heteroatoms. The van der Waals surface area contributed by atoms with Gasteiger partial charge in [0.2, 0.25) is 0 Å². The second kappa shape index (κ2) is 7.05. The number of guanidine groups is 1. The Morgan fingerprint density at radius 1 is 1.31 bits per heavy atom. The quantitative estimate of drug-likeness (QED) is 0.463. The van der Waals surface area contributed by atoms with E-state index in [0.29, 0.717) is 6.54 Å². The fraction of sp³-hybridized carbons (Fsp3) is 0.600. The third-order valence-corrected chi connectivity index (χ3v) is 2.93. The minimum Gasteiger partial charge on any atom is -0.349 e. The molecule has 0 aliphatic carbocycles. The zero-order chi connectivity index (χ0) is 11.4. The summed E-state index contributed by atoms with van der Waals surface area (Å²) in [6.07, 6.45) is 0. The van der Waals surface area contributed by atoms with Gasteiger partial charge in [0.25, 0.3) is 0 Å². The number of hydrogen-bond acceptors (Lipinski definition) is 3. The lowest BCUT2D eigenvalue weighted by molar-refractivity contribution is 0.479. The van der Waals surface area contributed by atoms with Crippen LogP contribution in [-0.4, -0.2) is 48.9 Å². The maximum absolute atomic E-state index is 4.56. The molecule has 0 unspecified atom stereocenters. The van der Waals surface area contributed by atoms with E-state index in [0.717, 1.165) is 11.7 Å². The molecule has 0 amide bonds. The number of hydrogen-bond donors (Lipinski definition) is 0. The topological polar surface area (TPSA) is 31.7 Å². The van der Waals surface area contributed by atoms with Gasteiger partial charge < -0.3 is 9.80 Å². The van der Waals surface area contributed by atoms with Crippen LogP contribution in [0.3, 0.4) is 0 Å². The van der Waals surface area contributed by atoms with Gasteiger partial charge in [0.1, 0.15) is 0 Å². The average Bonchev–Trinajstić information content (AvgIpc) is 2.51. The van der Waals surface area contributed by atoms with E-state index in [-0.39, 0.29) is 24.0 Å². The van der Waals surface area contributed by atoms with Crippen molar-refractivity contribution in [3.8, 4) is 0 Å². The molecule has 0 aromatic carbocycles. The number of aliphatic imine (C=N–C) groups is 1. The van der Waals surface area contributed by atoms with Gasteiger partial charge in [0.05, 0.1) is 17.7 Å². The van der Waals surface area contributed by atoms with Crippen LogP contribution >= 0.6 is 35.3 Å². The van der Waals surface area contributed by atoms with Crippen LogP contribution < -0.4 is 0 Å². The Morgan fingerprint density at radius 2 is 1.88 bits per heavy atom. The molecule has 0 fully saturated rings. The molecular weight excluding hydrogens is 335 g/mol. The van der Waals surface area contributed by atoms with Crippen LogP contribution in [0.4, 0.5) is 0 Å². The van der Waals surface area contributed by atoms with Gasteiger partial charge in [0.15, 0.2) is 5.96 Å². The summed E-state index contributed by atoms with van der Waals surface area (Å²) in [5.74, 6) is 0.975. The second-order valence-corrected chi connectivity index (χ2v) is 4.71. The fourth-order valence-corrected chi connectivity index (χ4v) is 2.00. The van der Waals surface area contributed by atoms with Crippen LogP contribution in [0.5, 0.6) is 0 Å². The maximum Gasteiger partial charge on any atom is 0.195 e. The fourth-order valence-electron chi connectivity index (χ4n) is 1.30. The standard InChI is InChI=1S/C10H18N4S.HI/c1-8-9(15-7-12-8)6-11-10(13(2)3)14(4)5;/h7H,6H2,1-5H3;1H. The summed E-state index contributed by atoms with van der Waals surface area (Å²) in [4.78, 5) is 14.0. The van der Waals surface area contributed by atoms with E-state index in [1.807, 2.05) is 50.4 Å². The molecule has 4 nitrogen and oxygen atoms in total. The molecule has 0 radical (unpaired) electrons. The number of aryl methyl sites for hydroxylation is 1. The van der Waals surface area contributed by atoms with Crippen LogP contribution in [-0.2, 0) is 6.54 Å². The summed E-state index contributed by atoms with van der Waals surface area (Å²) >= 11 is 1.66. The number of rotatable bonds is 2. The van der Waals surface area contributed by atoms with Crippen molar-refractivity contribution in [3.63, 3.8) is 0 Å². The van der Waals surface area contributed by atoms with Crippen molar-refractivity contribution in [2.24, 2.45) is 4.99 Å². The van der Waals surface area contributed by atoms with Gasteiger partial charge in [0, 0.05) is 33.1 Å². The number of thiazole rings is 1. The number of halogens is 1. The predicted molar refractivity (Wildman–Crippen MR) is 80.8 cm³/mol. The first-order valence-corrected chi connectivity index (χ1v) is 5.68. The third-order valence-electron chi connectivity index (χ3n) is 2.01. The van der Waals surface area contributed by atoms with Crippen molar-refractivity contribution in [3.05, 3.63) is 16.1 Å². The highest BCUT2D eigenvalue weighted by atomic mass is 127. The molecule has 1 aromatic heterocycles. The Morgan fingerprint density at radius 3 is 2.25 bits per heavy atom. The van der Waals surface area contributed by atoms with E-state index in [2.05, 4.69) is 9.98 Å². The molecule has 0 saturated heterocycles. The minimum atomic E-state index is 0. The van der Waals surface area contributed by atoms with E-state index in [1.165, 1.54) is 4.88 Å². The summed E-state index contributed by atoms with van der Waals surface area (Å²) in [5, 5.41) is 0. The highest BCUT2D eigenvalue weighted by Crippen LogP contribution is 2.13. The van der Waals surface area contributed by atoms with Crippen LogP contribution in [0.25, 0.3) is 0 Å². The van der Waals surface area contributed by atoms with Gasteiger partial charge in [-0.1, -0.05) is 0 Å². The Balaban J connectivity index is 0.00000225. The highest BCUT2D eigenvalue weighted by Gasteiger charge is 2.05. The van der Waals surface area contributed by atoms with E-state index in [9.17, 15) is 0 Å². The normalized spacial score (nSPS) is 9.31. The minimum absolute atomic E-state index is 0. The molecule has 16 heavy (non-hydrogen) atoms. The van der Waals surface area contributed by atoms with Gasteiger partial charge in [-0.25, -0.2) is 9.98 Å². The molecule has 0 aliphatic rings. The summed E-state index contributed by atoms with van der Waals surface area (Å²) in [7, 11) is 7.99. The van der Waals surface area contributed by atoms with Gasteiger partial charge in [-0.05, 0) is 6.92 Å². The Bertz CT molecular complexity index is 336. The first-order valence-electron chi connectivity index (χ1n) is 4.80. The van der Waals surface area contributed by atoms with Gasteiger partial charge in [-0.2, -0.15) is 0 Å². The van der Waals surface area contributed by atoms with Crippen molar-refractivity contribution in [2.75, 3.05) is 28.2 Å². The van der Waals surface area contributed by atoms with Crippen molar-refractivity contribution in [1.29, 1.82) is 0 Å². The molecule has 0 N–H and O–H groups in total. The molecular formula is C10H19IN4S. The molecule has 1 heterocycles. The molecule has 0 spiro atoms. The lowest BCUT2D eigenvalue weighted by Gasteiger charge is -2.22. The van der Waals surface area contributed by atoms with Crippen molar-refractivity contribution in [1.82, 2.24) is 14.8 Å². The zero-order valence-electron chi connectivity index (χ0n) is 10.4. The van der Waals surface area contributed by atoms with Gasteiger partial charge in [-0.3, -0.25) is 0 Å². The first-order chi connectivity index (χ1) is 7.02. The van der Waals surface area contributed by atoms with Gasteiger partial charge in [-0.15, -0.1) is 35.3 Å². The van der Waals surface area contributed by atoms with Crippen molar-refractivity contribution < 1.29 is 0 Å². The monoisotopic (exact) mass is 354 g/mol. The van der Waals surface area contributed by atoms with E-state index < -0.39 is 0 Å². The van der Waals surface area contributed by atoms with Crippen LogP contribution in [0.15, 0.2) is 10.5 Å². The summed E-state index contributed by atoms with van der Waals surface area (Å²) in [6.45, 7) is 2.73. The maximum atomic E-state index is 4.56. The Hall–Kier alpha value is -0.370. The number of aromatic nitrogens is 1. The SMILES string of the molecule is Cc1ncsc1CN=C(N(C)C)N(C)C.I. The number of nitrogens with zero attached hydrogens (tertiary/aromatic N) is 4. The largest absolute Gasteiger partial charge is 0.349 e. The lowest BCUT2D eigenvalue weighted by atomic mass is 10.4. The average molecular weight is 354 g/mol. The summed E-state index contributed by atoms with van der Waals surface area (Å²) < 4.78 is 0. The van der Waals surface area contributed by atoms with Crippen molar-refractivity contribution >= 4 is 41.3 Å². The van der Waals surface area contributed by atoms with Gasteiger partial charge >= 0.3 is 0 Å². The predicted octanol–water partition coefficient (Wildman–Crippen LogP) is 2.05. The first kappa shape index (κ1) is 15.6. The Kier molecular flexibility index (Phi) is 6.89. The zero-order valence-corrected chi connectivity index (χ0v) is 13.5. The second-order valence-electron chi connectivity index (χ2n) is 3.77. The molecule has 0 bridgehead atoms. The molecule has 1 rings (SSSR count). The van der Waals surface area contributed by atoms with Crippen molar-refractivity contribution in [2.45, 2.75) is 13.5 Å². The summed E-state index contributed by atoms with van der Waals surface area (Å²) in [5.41, 5.74) is 2.95. The van der Waals surface area contributed by atoms with E-state index in [1.54, 1.807) is 11.3 Å². The summed E-state index contributed by atoms with van der Waals surface area (Å²) in [6, 6.07) is 0. The lowest BCUT2D eigenvalue weighted by Crippen LogP contribution is -2.35. The third kappa shape index (κ3) is 4.25. The molecule has 92 valence electrons. The smallest absolute Gasteiger partial charge is 0.195 e. The Labute approximate surface area is 118 Å². The molecule has 0 saturated carbocycles. The van der Waals surface area contributed by atoms with Crippen LogP contribution in [0.1, 0.15) is 10.6 Å². The molecule has 0 atom stereocenters. The molecule has 1 aromatic rings.